The molecule has 0 saturated heterocycles. The van der Waals surface area contributed by atoms with Crippen molar-refractivity contribution < 1.29 is 4.42 Å². The lowest BCUT2D eigenvalue weighted by Gasteiger charge is -2.13. The van der Waals surface area contributed by atoms with E-state index in [1.54, 1.807) is 0 Å². The van der Waals surface area contributed by atoms with E-state index in [0.717, 1.165) is 49.9 Å². The van der Waals surface area contributed by atoms with Gasteiger partial charge in [0.1, 0.15) is 11.2 Å². The molecule has 0 fully saturated rings. The first-order valence-corrected chi connectivity index (χ1v) is 19.2. The minimum atomic E-state index is 0.902. The number of furan rings is 1. The molecule has 0 unspecified atom stereocenters. The molecule has 2 nitrogen and oxygen atoms in total. The van der Waals surface area contributed by atoms with E-state index >= 15 is 0 Å². The first-order chi connectivity index (χ1) is 27.7. The minimum absolute atomic E-state index is 0.902. The van der Waals surface area contributed by atoms with E-state index in [4.69, 9.17) is 4.42 Å². The van der Waals surface area contributed by atoms with Gasteiger partial charge in [0.2, 0.25) is 0 Å². The average molecular weight is 714 g/mol. The molecule has 2 heteroatoms. The molecule has 262 valence electrons. The Kier molecular flexibility index (Phi) is 7.53. The summed E-state index contributed by atoms with van der Waals surface area (Å²) in [4.78, 5) is 0. The van der Waals surface area contributed by atoms with Crippen LogP contribution < -0.4 is 0 Å². The largest absolute Gasteiger partial charge is 0.455 e. The van der Waals surface area contributed by atoms with Crippen molar-refractivity contribution in [2.75, 3.05) is 0 Å². The molecule has 0 atom stereocenters. The molecule has 2 heterocycles. The van der Waals surface area contributed by atoms with E-state index in [2.05, 4.69) is 211 Å². The summed E-state index contributed by atoms with van der Waals surface area (Å²) in [6.45, 7) is 0. The predicted octanol–water partition coefficient (Wildman–Crippen LogP) is 15.0. The molecule has 0 aliphatic heterocycles. The van der Waals surface area contributed by atoms with Gasteiger partial charge in [-0.3, -0.25) is 0 Å². The van der Waals surface area contributed by atoms with E-state index in [1.165, 1.54) is 55.2 Å². The Hall–Kier alpha value is -7.42. The maximum Gasteiger partial charge on any atom is 0.143 e. The number of fused-ring (bicyclic) bond motifs is 6. The highest BCUT2D eigenvalue weighted by molar-refractivity contribution is 6.12. The van der Waals surface area contributed by atoms with Gasteiger partial charge < -0.3 is 8.98 Å². The Morgan fingerprint density at radius 1 is 0.286 bits per heavy atom. The topological polar surface area (TPSA) is 18.1 Å². The Labute approximate surface area is 325 Å². The summed E-state index contributed by atoms with van der Waals surface area (Å²) in [6, 6.07) is 76.5. The van der Waals surface area contributed by atoms with Crippen LogP contribution in [0.1, 0.15) is 0 Å². The van der Waals surface area contributed by atoms with Gasteiger partial charge in [0, 0.05) is 32.8 Å². The first kappa shape index (κ1) is 32.0. The lowest BCUT2D eigenvalue weighted by molar-refractivity contribution is 0.670. The van der Waals surface area contributed by atoms with Crippen molar-refractivity contribution in [3.63, 3.8) is 0 Å². The second kappa shape index (κ2) is 13.2. The zero-order chi connectivity index (χ0) is 37.0. The normalized spacial score (nSPS) is 11.6. The van der Waals surface area contributed by atoms with Gasteiger partial charge in [-0.05, 0) is 105 Å². The molecule has 0 aliphatic carbocycles. The molecule has 0 N–H and O–H groups in total. The zero-order valence-electron chi connectivity index (χ0n) is 30.6. The minimum Gasteiger partial charge on any atom is -0.455 e. The van der Waals surface area contributed by atoms with Crippen LogP contribution in [0, 0.1) is 0 Å². The molecule has 0 radical (unpaired) electrons. The standard InChI is InChI=1S/C54H35NO/c1-3-13-36(14-4-1)38-25-27-39(28-26-38)42-31-43(33-44(32-42)46-21-12-22-49-48-20-8-10-24-53(48)56-54(46)49)41-29-30-52-50(35-41)47-19-7-9-23-51(47)55(52)45-18-11-17-40(34-45)37-15-5-2-6-16-37/h1-35H. The van der Waals surface area contributed by atoms with E-state index in [-0.39, 0.29) is 0 Å². The van der Waals surface area contributed by atoms with Crippen LogP contribution in [-0.2, 0) is 0 Å². The first-order valence-electron chi connectivity index (χ1n) is 19.2. The molecule has 0 bridgehead atoms. The number of rotatable bonds is 6. The number of benzene rings is 9. The maximum atomic E-state index is 6.58. The smallest absolute Gasteiger partial charge is 0.143 e. The highest BCUT2D eigenvalue weighted by Gasteiger charge is 2.17. The molecular weight excluding hydrogens is 679 g/mol. The third kappa shape index (κ3) is 5.42. The highest BCUT2D eigenvalue weighted by Crippen LogP contribution is 2.41. The summed E-state index contributed by atoms with van der Waals surface area (Å²) in [5.74, 6) is 0. The van der Waals surface area contributed by atoms with Gasteiger partial charge in [0.15, 0.2) is 0 Å². The van der Waals surface area contributed by atoms with E-state index in [0.29, 0.717) is 0 Å². The molecule has 0 spiro atoms. The van der Waals surface area contributed by atoms with Gasteiger partial charge in [-0.15, -0.1) is 0 Å². The second-order valence-corrected chi connectivity index (χ2v) is 14.5. The van der Waals surface area contributed by atoms with Crippen molar-refractivity contribution in [2.45, 2.75) is 0 Å². The molecule has 56 heavy (non-hydrogen) atoms. The summed E-state index contributed by atoms with van der Waals surface area (Å²) < 4.78 is 8.98. The monoisotopic (exact) mass is 713 g/mol. The summed E-state index contributed by atoms with van der Waals surface area (Å²) >= 11 is 0. The van der Waals surface area contributed by atoms with Gasteiger partial charge in [-0.25, -0.2) is 0 Å². The number of hydrogen-bond donors (Lipinski definition) is 0. The van der Waals surface area contributed by atoms with Crippen LogP contribution in [0.4, 0.5) is 0 Å². The van der Waals surface area contributed by atoms with Gasteiger partial charge >= 0.3 is 0 Å². The van der Waals surface area contributed by atoms with Crippen molar-refractivity contribution >= 4 is 43.7 Å². The fourth-order valence-electron chi connectivity index (χ4n) is 8.46. The van der Waals surface area contributed by atoms with Gasteiger partial charge in [-0.1, -0.05) is 158 Å². The Morgan fingerprint density at radius 2 is 0.804 bits per heavy atom. The molecule has 0 aliphatic rings. The fraction of sp³-hybridized carbons (Fsp3) is 0. The summed E-state index contributed by atoms with van der Waals surface area (Å²) in [5, 5.41) is 4.72. The molecular formula is C54H35NO. The van der Waals surface area contributed by atoms with Crippen molar-refractivity contribution in [1.29, 1.82) is 0 Å². The van der Waals surface area contributed by atoms with E-state index in [1.807, 2.05) is 6.07 Å². The van der Waals surface area contributed by atoms with Crippen LogP contribution >= 0.6 is 0 Å². The van der Waals surface area contributed by atoms with Crippen LogP contribution in [0.3, 0.4) is 0 Å². The third-order valence-corrected chi connectivity index (χ3v) is 11.2. The Morgan fingerprint density at radius 3 is 1.59 bits per heavy atom. The van der Waals surface area contributed by atoms with Crippen molar-refractivity contribution in [3.8, 4) is 61.3 Å². The lowest BCUT2D eigenvalue weighted by atomic mass is 9.91. The SMILES string of the molecule is c1ccc(-c2ccc(-c3cc(-c4ccc5c(c4)c4ccccc4n5-c4cccc(-c5ccccc5)c4)cc(-c4cccc5c4oc4ccccc45)c3)cc2)cc1. The van der Waals surface area contributed by atoms with Crippen LogP contribution in [0.2, 0.25) is 0 Å². The summed E-state index contributed by atoms with van der Waals surface area (Å²) in [5.41, 5.74) is 17.0. The van der Waals surface area contributed by atoms with Gasteiger partial charge in [-0.2, -0.15) is 0 Å². The molecule has 0 saturated carbocycles. The number of nitrogens with zero attached hydrogens (tertiary/aromatic N) is 1. The van der Waals surface area contributed by atoms with Gasteiger partial charge in [0.05, 0.1) is 11.0 Å². The van der Waals surface area contributed by atoms with Crippen LogP contribution in [-0.4, -0.2) is 4.57 Å². The lowest BCUT2D eigenvalue weighted by Crippen LogP contribution is -1.94. The quantitative estimate of drug-likeness (QED) is 0.168. The molecule has 0 amide bonds. The van der Waals surface area contributed by atoms with Crippen molar-refractivity contribution in [3.05, 3.63) is 212 Å². The molecule has 11 rings (SSSR count). The Balaban J connectivity index is 1.10. The summed E-state index contributed by atoms with van der Waals surface area (Å²) in [6.07, 6.45) is 0. The van der Waals surface area contributed by atoms with Crippen molar-refractivity contribution in [1.82, 2.24) is 4.57 Å². The average Bonchev–Trinajstić information content (AvgIpc) is 3.83. The molecule has 9 aromatic carbocycles. The fourth-order valence-corrected chi connectivity index (χ4v) is 8.46. The Bertz CT molecular complexity index is 3220. The van der Waals surface area contributed by atoms with E-state index < -0.39 is 0 Å². The van der Waals surface area contributed by atoms with Crippen molar-refractivity contribution in [2.24, 2.45) is 0 Å². The maximum absolute atomic E-state index is 6.58. The number of aromatic nitrogens is 1. The highest BCUT2D eigenvalue weighted by atomic mass is 16.3. The van der Waals surface area contributed by atoms with Crippen LogP contribution in [0.15, 0.2) is 217 Å². The zero-order valence-corrected chi connectivity index (χ0v) is 30.6. The third-order valence-electron chi connectivity index (χ3n) is 11.2. The molecule has 11 aromatic rings. The summed E-state index contributed by atoms with van der Waals surface area (Å²) in [7, 11) is 0. The molecule has 2 aromatic heterocycles. The number of hydrogen-bond acceptors (Lipinski definition) is 1. The van der Waals surface area contributed by atoms with Gasteiger partial charge in [0.25, 0.3) is 0 Å². The van der Waals surface area contributed by atoms with Crippen LogP contribution in [0.5, 0.6) is 0 Å². The van der Waals surface area contributed by atoms with E-state index in [9.17, 15) is 0 Å². The van der Waals surface area contributed by atoms with Crippen LogP contribution in [0.25, 0.3) is 105 Å². The number of para-hydroxylation sites is 3. The second-order valence-electron chi connectivity index (χ2n) is 14.5. The predicted molar refractivity (Wildman–Crippen MR) is 235 cm³/mol.